The highest BCUT2D eigenvalue weighted by atomic mass is 16.5. The Bertz CT molecular complexity index is 869. The molecule has 0 aliphatic carbocycles. The van der Waals surface area contributed by atoms with Crippen molar-refractivity contribution in [1.29, 1.82) is 0 Å². The molecule has 2 heterocycles. The Labute approximate surface area is 150 Å². The summed E-state index contributed by atoms with van der Waals surface area (Å²) in [7, 11) is 3.42. The van der Waals surface area contributed by atoms with Crippen LogP contribution in [-0.2, 0) is 4.79 Å². The number of ether oxygens (including phenoxy) is 1. The average Bonchev–Trinajstić information content (AvgIpc) is 2.65. The molecule has 0 saturated carbocycles. The second-order valence-electron chi connectivity index (χ2n) is 6.29. The molecule has 1 aromatic heterocycles. The summed E-state index contributed by atoms with van der Waals surface area (Å²) in [5, 5.41) is 0.782. The predicted molar refractivity (Wildman–Crippen MR) is 95.2 cm³/mol. The lowest BCUT2D eigenvalue weighted by atomic mass is 10.2. The summed E-state index contributed by atoms with van der Waals surface area (Å²) in [5.74, 6) is 0.318. The molecule has 1 saturated heterocycles. The standard InChI is InChI=1S/C18H21N3O5/c1-19(2)18(24)21-9-7-20(8-10-21)16(22)12-25-14-5-3-13-4-6-17(23)26-15(13)11-14/h3-6,11H,7-10,12H2,1-2H3. The van der Waals surface area contributed by atoms with Crippen LogP contribution >= 0.6 is 0 Å². The molecule has 1 aliphatic rings. The predicted octanol–water partition coefficient (Wildman–Crippen LogP) is 0.998. The molecule has 0 atom stereocenters. The van der Waals surface area contributed by atoms with Gasteiger partial charge in [-0.15, -0.1) is 0 Å². The maximum atomic E-state index is 12.3. The monoisotopic (exact) mass is 359 g/mol. The van der Waals surface area contributed by atoms with Gasteiger partial charge in [-0.05, 0) is 18.2 Å². The number of piperazine rings is 1. The van der Waals surface area contributed by atoms with Gasteiger partial charge in [-0.2, -0.15) is 0 Å². The number of carbonyl (C=O) groups is 2. The number of nitrogens with zero attached hydrogens (tertiary/aromatic N) is 3. The number of rotatable bonds is 3. The van der Waals surface area contributed by atoms with E-state index >= 15 is 0 Å². The fraction of sp³-hybridized carbons (Fsp3) is 0.389. The zero-order valence-corrected chi connectivity index (χ0v) is 14.8. The zero-order chi connectivity index (χ0) is 18.7. The van der Waals surface area contributed by atoms with E-state index in [2.05, 4.69) is 0 Å². The summed E-state index contributed by atoms with van der Waals surface area (Å²) in [6.07, 6.45) is 0. The quantitative estimate of drug-likeness (QED) is 0.764. The topological polar surface area (TPSA) is 83.3 Å². The van der Waals surface area contributed by atoms with E-state index in [1.807, 2.05) is 0 Å². The summed E-state index contributed by atoms with van der Waals surface area (Å²) in [4.78, 5) is 40.4. The molecule has 3 amide bonds. The average molecular weight is 359 g/mol. The van der Waals surface area contributed by atoms with Gasteiger partial charge >= 0.3 is 11.7 Å². The van der Waals surface area contributed by atoms with Crippen LogP contribution in [0, 0.1) is 0 Å². The number of fused-ring (bicyclic) bond motifs is 1. The number of benzene rings is 1. The molecule has 1 fully saturated rings. The number of hydrogen-bond donors (Lipinski definition) is 0. The van der Waals surface area contributed by atoms with Gasteiger partial charge in [0.05, 0.1) is 0 Å². The van der Waals surface area contributed by atoms with Crippen LogP contribution in [0.3, 0.4) is 0 Å². The largest absolute Gasteiger partial charge is 0.484 e. The lowest BCUT2D eigenvalue weighted by Gasteiger charge is -2.35. The van der Waals surface area contributed by atoms with Crippen LogP contribution in [0.5, 0.6) is 5.75 Å². The van der Waals surface area contributed by atoms with E-state index in [1.54, 1.807) is 48.2 Å². The second kappa shape index (κ2) is 7.47. The van der Waals surface area contributed by atoms with Crippen molar-refractivity contribution in [3.63, 3.8) is 0 Å². The van der Waals surface area contributed by atoms with E-state index in [1.165, 1.54) is 11.0 Å². The van der Waals surface area contributed by atoms with E-state index in [4.69, 9.17) is 9.15 Å². The van der Waals surface area contributed by atoms with Gasteiger partial charge in [-0.1, -0.05) is 0 Å². The van der Waals surface area contributed by atoms with Crippen LogP contribution in [0.25, 0.3) is 11.0 Å². The van der Waals surface area contributed by atoms with Crippen molar-refractivity contribution in [3.05, 3.63) is 40.8 Å². The molecule has 2 aromatic rings. The number of amides is 3. The Morgan fingerprint density at radius 2 is 1.73 bits per heavy atom. The van der Waals surface area contributed by atoms with Gasteiger partial charge in [0.1, 0.15) is 11.3 Å². The highest BCUT2D eigenvalue weighted by Gasteiger charge is 2.25. The lowest BCUT2D eigenvalue weighted by Crippen LogP contribution is -2.53. The Hall–Kier alpha value is -3.03. The van der Waals surface area contributed by atoms with E-state index in [0.717, 1.165) is 5.39 Å². The molecule has 8 heteroatoms. The maximum Gasteiger partial charge on any atom is 0.336 e. The van der Waals surface area contributed by atoms with Gasteiger partial charge in [0.2, 0.25) is 0 Å². The Balaban J connectivity index is 1.55. The third-order valence-electron chi connectivity index (χ3n) is 4.24. The van der Waals surface area contributed by atoms with E-state index in [-0.39, 0.29) is 18.5 Å². The first-order valence-corrected chi connectivity index (χ1v) is 8.35. The highest BCUT2D eigenvalue weighted by Crippen LogP contribution is 2.19. The van der Waals surface area contributed by atoms with Gasteiger partial charge in [0.15, 0.2) is 6.61 Å². The number of carbonyl (C=O) groups excluding carboxylic acids is 2. The molecule has 0 N–H and O–H groups in total. The van der Waals surface area contributed by atoms with Crippen molar-refractivity contribution < 1.29 is 18.7 Å². The SMILES string of the molecule is CN(C)C(=O)N1CCN(C(=O)COc2ccc3ccc(=O)oc3c2)CC1. The smallest absolute Gasteiger partial charge is 0.336 e. The van der Waals surface area contributed by atoms with Crippen molar-refractivity contribution in [2.75, 3.05) is 46.9 Å². The van der Waals surface area contributed by atoms with Crippen LogP contribution < -0.4 is 10.4 Å². The minimum Gasteiger partial charge on any atom is -0.484 e. The first kappa shape index (κ1) is 17.8. The molecule has 1 aromatic carbocycles. The lowest BCUT2D eigenvalue weighted by molar-refractivity contribution is -0.134. The van der Waals surface area contributed by atoms with Gasteiger partial charge in [-0.25, -0.2) is 9.59 Å². The molecule has 26 heavy (non-hydrogen) atoms. The van der Waals surface area contributed by atoms with E-state index in [0.29, 0.717) is 37.5 Å². The molecule has 0 bridgehead atoms. The molecule has 138 valence electrons. The summed E-state index contributed by atoms with van der Waals surface area (Å²) in [5.41, 5.74) is -0.0193. The van der Waals surface area contributed by atoms with Gasteiger partial charge in [-0.3, -0.25) is 4.79 Å². The summed E-state index contributed by atoms with van der Waals surface area (Å²) in [6, 6.07) is 8.06. The molecule has 0 spiro atoms. The maximum absolute atomic E-state index is 12.3. The Kier molecular flexibility index (Phi) is 5.11. The van der Waals surface area contributed by atoms with Crippen LogP contribution in [-0.4, -0.2) is 73.5 Å². The van der Waals surface area contributed by atoms with Gasteiger partial charge in [0.25, 0.3) is 5.91 Å². The molecular weight excluding hydrogens is 338 g/mol. The van der Waals surface area contributed by atoms with Crippen molar-refractivity contribution in [2.24, 2.45) is 0 Å². The van der Waals surface area contributed by atoms with E-state index in [9.17, 15) is 14.4 Å². The molecular formula is C18H21N3O5. The molecule has 0 radical (unpaired) electrons. The minimum absolute atomic E-state index is 0.0500. The van der Waals surface area contributed by atoms with Gasteiger partial charge < -0.3 is 23.9 Å². The normalized spacial score (nSPS) is 14.4. The first-order chi connectivity index (χ1) is 12.4. The van der Waals surface area contributed by atoms with Crippen molar-refractivity contribution in [2.45, 2.75) is 0 Å². The summed E-state index contributed by atoms with van der Waals surface area (Å²) in [6.45, 7) is 1.86. The zero-order valence-electron chi connectivity index (χ0n) is 14.8. The Morgan fingerprint density at radius 1 is 1.08 bits per heavy atom. The molecule has 8 nitrogen and oxygen atoms in total. The fourth-order valence-electron chi connectivity index (χ4n) is 2.80. The fourth-order valence-corrected chi connectivity index (χ4v) is 2.80. The molecule has 0 unspecified atom stereocenters. The minimum atomic E-state index is -0.434. The second-order valence-corrected chi connectivity index (χ2v) is 6.29. The third kappa shape index (κ3) is 3.96. The van der Waals surface area contributed by atoms with Crippen molar-refractivity contribution in [3.8, 4) is 5.75 Å². The highest BCUT2D eigenvalue weighted by molar-refractivity contribution is 5.80. The van der Waals surface area contributed by atoms with Crippen molar-refractivity contribution in [1.82, 2.24) is 14.7 Å². The number of urea groups is 1. The first-order valence-electron chi connectivity index (χ1n) is 8.35. The number of hydrogen-bond acceptors (Lipinski definition) is 5. The summed E-state index contributed by atoms with van der Waals surface area (Å²) >= 11 is 0. The van der Waals surface area contributed by atoms with Crippen LogP contribution in [0.2, 0.25) is 0 Å². The Morgan fingerprint density at radius 3 is 2.42 bits per heavy atom. The molecule has 3 rings (SSSR count). The summed E-state index contributed by atoms with van der Waals surface area (Å²) < 4.78 is 10.6. The van der Waals surface area contributed by atoms with Crippen LogP contribution in [0.4, 0.5) is 4.79 Å². The van der Waals surface area contributed by atoms with Gasteiger partial charge in [0, 0.05) is 57.8 Å². The van der Waals surface area contributed by atoms with Crippen LogP contribution in [0.1, 0.15) is 0 Å². The van der Waals surface area contributed by atoms with Crippen LogP contribution in [0.15, 0.2) is 39.5 Å². The van der Waals surface area contributed by atoms with Crippen molar-refractivity contribution >= 4 is 22.9 Å². The van der Waals surface area contributed by atoms with E-state index < -0.39 is 5.63 Å². The molecule has 1 aliphatic heterocycles. The third-order valence-corrected chi connectivity index (χ3v) is 4.24.